The third-order valence-corrected chi connectivity index (χ3v) is 6.56. The van der Waals surface area contributed by atoms with Crippen molar-refractivity contribution in [1.82, 2.24) is 10.0 Å². The third kappa shape index (κ3) is 6.19. The fourth-order valence-electron chi connectivity index (χ4n) is 3.42. The van der Waals surface area contributed by atoms with E-state index in [4.69, 9.17) is 14.2 Å². The van der Waals surface area contributed by atoms with Gasteiger partial charge in [0.25, 0.3) is 0 Å². The predicted octanol–water partition coefficient (Wildman–Crippen LogP) is 1.89. The lowest BCUT2D eigenvalue weighted by molar-refractivity contribution is -0.123. The van der Waals surface area contributed by atoms with Gasteiger partial charge in [0.1, 0.15) is 6.04 Å². The van der Waals surface area contributed by atoms with Crippen molar-refractivity contribution in [2.24, 2.45) is 0 Å². The summed E-state index contributed by atoms with van der Waals surface area (Å²) in [6, 6.07) is 12.6. The van der Waals surface area contributed by atoms with Gasteiger partial charge >= 0.3 is 0 Å². The van der Waals surface area contributed by atoms with Gasteiger partial charge in [-0.05, 0) is 37.0 Å². The first-order valence-electron chi connectivity index (χ1n) is 10.1. The van der Waals surface area contributed by atoms with Crippen LogP contribution in [0.1, 0.15) is 18.4 Å². The molecule has 31 heavy (non-hydrogen) atoms. The molecule has 0 unspecified atom stereocenters. The molecular formula is C22H28N2O6S. The van der Waals surface area contributed by atoms with Crippen molar-refractivity contribution in [3.63, 3.8) is 0 Å². The molecule has 0 bridgehead atoms. The Hall–Kier alpha value is -2.62. The summed E-state index contributed by atoms with van der Waals surface area (Å²) in [6.45, 7) is 1.03. The van der Waals surface area contributed by atoms with E-state index in [2.05, 4.69) is 10.0 Å². The van der Waals surface area contributed by atoms with Gasteiger partial charge in [-0.3, -0.25) is 4.79 Å². The lowest BCUT2D eigenvalue weighted by atomic mass is 10.1. The van der Waals surface area contributed by atoms with Crippen LogP contribution in [0.25, 0.3) is 0 Å². The highest BCUT2D eigenvalue weighted by Gasteiger charge is 2.28. The number of hydrogen-bond donors (Lipinski definition) is 2. The Morgan fingerprint density at radius 3 is 2.52 bits per heavy atom. The quantitative estimate of drug-likeness (QED) is 0.575. The molecule has 2 atom stereocenters. The Kier molecular flexibility index (Phi) is 7.89. The van der Waals surface area contributed by atoms with Crippen LogP contribution in [0.15, 0.2) is 53.4 Å². The average Bonchev–Trinajstić information content (AvgIpc) is 3.30. The predicted molar refractivity (Wildman–Crippen MR) is 116 cm³/mol. The molecule has 1 heterocycles. The Morgan fingerprint density at radius 1 is 1.13 bits per heavy atom. The van der Waals surface area contributed by atoms with Crippen molar-refractivity contribution in [3.05, 3.63) is 54.1 Å². The van der Waals surface area contributed by atoms with Crippen LogP contribution in [0.3, 0.4) is 0 Å². The zero-order valence-corrected chi connectivity index (χ0v) is 18.5. The number of nitrogens with one attached hydrogen (secondary N) is 2. The van der Waals surface area contributed by atoms with E-state index in [1.54, 1.807) is 0 Å². The highest BCUT2D eigenvalue weighted by molar-refractivity contribution is 7.89. The van der Waals surface area contributed by atoms with Gasteiger partial charge in [-0.25, -0.2) is 8.42 Å². The molecule has 0 aromatic heterocycles. The van der Waals surface area contributed by atoms with Crippen molar-refractivity contribution in [3.8, 4) is 11.5 Å². The highest BCUT2D eigenvalue weighted by atomic mass is 32.2. The molecule has 2 N–H and O–H groups in total. The van der Waals surface area contributed by atoms with Gasteiger partial charge in [0, 0.05) is 19.2 Å². The van der Waals surface area contributed by atoms with Crippen molar-refractivity contribution >= 4 is 15.9 Å². The molecule has 0 saturated carbocycles. The largest absolute Gasteiger partial charge is 0.493 e. The summed E-state index contributed by atoms with van der Waals surface area (Å²) in [5.41, 5.74) is 0.842. The Labute approximate surface area is 182 Å². The van der Waals surface area contributed by atoms with Crippen LogP contribution in [0.2, 0.25) is 0 Å². The molecule has 9 heteroatoms. The van der Waals surface area contributed by atoms with E-state index < -0.39 is 22.0 Å². The standard InChI is InChI=1S/C22H28N2O6S/c1-28-20-11-10-18(14-21(20)29-2)31(26,27)24-19(13-16-7-4-3-5-8-16)22(25)23-15-17-9-6-12-30-17/h3-5,7-8,10-11,14,17,19,24H,6,9,12-13,15H2,1-2H3,(H,23,25)/t17-,19-/m0/s1. The molecule has 1 saturated heterocycles. The molecule has 3 rings (SSSR count). The summed E-state index contributed by atoms with van der Waals surface area (Å²) in [6.07, 6.45) is 2.01. The van der Waals surface area contributed by atoms with Gasteiger partial charge in [-0.2, -0.15) is 4.72 Å². The minimum Gasteiger partial charge on any atom is -0.493 e. The highest BCUT2D eigenvalue weighted by Crippen LogP contribution is 2.29. The maximum Gasteiger partial charge on any atom is 0.241 e. The van der Waals surface area contributed by atoms with E-state index >= 15 is 0 Å². The van der Waals surface area contributed by atoms with Crippen LogP contribution in [-0.4, -0.2) is 53.8 Å². The fourth-order valence-corrected chi connectivity index (χ4v) is 4.63. The van der Waals surface area contributed by atoms with E-state index in [0.29, 0.717) is 18.9 Å². The Balaban J connectivity index is 1.79. The summed E-state index contributed by atoms with van der Waals surface area (Å²) < 4.78 is 44.6. The first-order valence-corrected chi connectivity index (χ1v) is 11.6. The average molecular weight is 449 g/mol. The molecule has 2 aromatic carbocycles. The second kappa shape index (κ2) is 10.6. The Morgan fingerprint density at radius 2 is 1.87 bits per heavy atom. The van der Waals surface area contributed by atoms with Crippen LogP contribution in [-0.2, 0) is 26.0 Å². The molecule has 168 valence electrons. The lowest BCUT2D eigenvalue weighted by Gasteiger charge is -2.20. The van der Waals surface area contributed by atoms with Gasteiger partial charge in [0.05, 0.1) is 25.2 Å². The van der Waals surface area contributed by atoms with E-state index in [1.165, 1.54) is 32.4 Å². The van der Waals surface area contributed by atoms with E-state index in [9.17, 15) is 13.2 Å². The molecule has 1 amide bonds. The second-order valence-corrected chi connectivity index (χ2v) is 8.97. The fraction of sp³-hybridized carbons (Fsp3) is 0.409. The van der Waals surface area contributed by atoms with Crippen LogP contribution < -0.4 is 19.5 Å². The van der Waals surface area contributed by atoms with Gasteiger partial charge < -0.3 is 19.5 Å². The van der Waals surface area contributed by atoms with E-state index in [-0.39, 0.29) is 23.2 Å². The van der Waals surface area contributed by atoms with E-state index in [0.717, 1.165) is 18.4 Å². The number of amides is 1. The van der Waals surface area contributed by atoms with Crippen molar-refractivity contribution in [2.45, 2.75) is 36.3 Å². The molecule has 0 aliphatic carbocycles. The molecule has 0 radical (unpaired) electrons. The van der Waals surface area contributed by atoms with Crippen LogP contribution in [0.5, 0.6) is 11.5 Å². The number of methoxy groups -OCH3 is 2. The molecule has 1 aliphatic rings. The molecule has 8 nitrogen and oxygen atoms in total. The smallest absolute Gasteiger partial charge is 0.241 e. The van der Waals surface area contributed by atoms with Crippen LogP contribution in [0.4, 0.5) is 0 Å². The molecule has 1 aliphatic heterocycles. The summed E-state index contributed by atoms with van der Waals surface area (Å²) in [4.78, 5) is 12.9. The van der Waals surface area contributed by atoms with E-state index in [1.807, 2.05) is 30.3 Å². The van der Waals surface area contributed by atoms with Gasteiger partial charge in [-0.1, -0.05) is 30.3 Å². The monoisotopic (exact) mass is 448 g/mol. The van der Waals surface area contributed by atoms with Gasteiger partial charge in [0.2, 0.25) is 15.9 Å². The van der Waals surface area contributed by atoms with Crippen molar-refractivity contribution in [2.75, 3.05) is 27.4 Å². The second-order valence-electron chi connectivity index (χ2n) is 7.26. The number of hydrogen-bond acceptors (Lipinski definition) is 6. The summed E-state index contributed by atoms with van der Waals surface area (Å²) in [5.74, 6) is 0.299. The molecule has 2 aromatic rings. The first-order chi connectivity index (χ1) is 14.9. The molecular weight excluding hydrogens is 420 g/mol. The SMILES string of the molecule is COc1ccc(S(=O)(=O)N[C@@H](Cc2ccccc2)C(=O)NC[C@@H]2CCCO2)cc1OC. The number of carbonyl (C=O) groups excluding carboxylic acids is 1. The number of carbonyl (C=O) groups is 1. The third-order valence-electron chi connectivity index (χ3n) is 5.09. The summed E-state index contributed by atoms with van der Waals surface area (Å²) in [5, 5.41) is 2.82. The molecule has 0 spiro atoms. The van der Waals surface area contributed by atoms with Crippen LogP contribution in [0, 0.1) is 0 Å². The Bertz CT molecular complexity index is 975. The van der Waals surface area contributed by atoms with Crippen molar-refractivity contribution in [1.29, 1.82) is 0 Å². The topological polar surface area (TPSA) is 103 Å². The van der Waals surface area contributed by atoms with Crippen molar-refractivity contribution < 1.29 is 27.4 Å². The number of rotatable bonds is 10. The maximum absolute atomic E-state index is 13.1. The van der Waals surface area contributed by atoms with Crippen LogP contribution >= 0.6 is 0 Å². The minimum atomic E-state index is -4.00. The summed E-state index contributed by atoms with van der Waals surface area (Å²) >= 11 is 0. The molecule has 1 fully saturated rings. The number of ether oxygens (including phenoxy) is 3. The summed E-state index contributed by atoms with van der Waals surface area (Å²) in [7, 11) is -1.10. The normalized spacial score (nSPS) is 17.2. The zero-order valence-electron chi connectivity index (χ0n) is 17.7. The first kappa shape index (κ1) is 23.1. The number of sulfonamides is 1. The van der Waals surface area contributed by atoms with Gasteiger partial charge in [0.15, 0.2) is 11.5 Å². The maximum atomic E-state index is 13.1. The lowest BCUT2D eigenvalue weighted by Crippen LogP contribution is -2.49. The minimum absolute atomic E-state index is 0.0184. The number of benzene rings is 2. The van der Waals surface area contributed by atoms with Gasteiger partial charge in [-0.15, -0.1) is 0 Å². The zero-order chi connectivity index (χ0) is 22.3.